The molecule has 1 amide bonds. The molecule has 5 nitrogen and oxygen atoms in total. The number of ketones is 1. The first-order valence-electron chi connectivity index (χ1n) is 11.0. The van der Waals surface area contributed by atoms with Gasteiger partial charge >= 0.3 is 0 Å². The molecule has 3 aromatic carbocycles. The molecule has 1 unspecified atom stereocenters. The van der Waals surface area contributed by atoms with Crippen LogP contribution in [0.1, 0.15) is 34.7 Å². The Bertz CT molecular complexity index is 1210. The van der Waals surface area contributed by atoms with Gasteiger partial charge in [-0.25, -0.2) is 0 Å². The van der Waals surface area contributed by atoms with E-state index >= 15 is 0 Å². The number of carbonyl (C=O) groups is 2. The smallest absolute Gasteiger partial charge is 0.294 e. The lowest BCUT2D eigenvalue weighted by Gasteiger charge is -2.29. The molecule has 0 saturated carbocycles. The predicted octanol–water partition coefficient (Wildman–Crippen LogP) is 5.41. The minimum atomic E-state index is -0.716. The Morgan fingerprint density at radius 3 is 2.33 bits per heavy atom. The first-order valence-corrected chi connectivity index (χ1v) is 11.0. The molecule has 1 heterocycles. The van der Waals surface area contributed by atoms with E-state index < -0.39 is 17.7 Å². The second-order valence-corrected chi connectivity index (χ2v) is 8.24. The Balaban J connectivity index is 1.76. The van der Waals surface area contributed by atoms with Gasteiger partial charge in [0.2, 0.25) is 0 Å². The number of ether oxygens (including phenoxy) is 1. The van der Waals surface area contributed by atoms with E-state index in [0.29, 0.717) is 17.9 Å². The van der Waals surface area contributed by atoms with Crippen LogP contribution in [0.3, 0.4) is 0 Å². The second-order valence-electron chi connectivity index (χ2n) is 8.24. The van der Waals surface area contributed by atoms with Crippen molar-refractivity contribution < 1.29 is 19.4 Å². The second kappa shape index (κ2) is 9.33. The summed E-state index contributed by atoms with van der Waals surface area (Å²) in [6, 6.07) is 21.9. The van der Waals surface area contributed by atoms with Crippen molar-refractivity contribution in [3.63, 3.8) is 0 Å². The molecule has 0 radical (unpaired) electrons. The summed E-state index contributed by atoms with van der Waals surface area (Å²) in [5.74, 6) is -0.604. The maximum Gasteiger partial charge on any atom is 0.294 e. The van der Waals surface area contributed by atoms with Gasteiger partial charge in [0.1, 0.15) is 5.75 Å². The van der Waals surface area contributed by atoms with Gasteiger partial charge in [-0.2, -0.15) is 0 Å². The Morgan fingerprint density at radius 2 is 1.67 bits per heavy atom. The van der Waals surface area contributed by atoms with E-state index in [-0.39, 0.29) is 17.8 Å². The number of benzene rings is 3. The van der Waals surface area contributed by atoms with Gasteiger partial charge in [0.25, 0.3) is 5.91 Å². The van der Waals surface area contributed by atoms with Crippen LogP contribution in [0.4, 0.5) is 5.69 Å². The topological polar surface area (TPSA) is 66.8 Å². The van der Waals surface area contributed by atoms with E-state index in [4.69, 9.17) is 4.74 Å². The highest BCUT2D eigenvalue weighted by Crippen LogP contribution is 2.43. The van der Waals surface area contributed by atoms with E-state index in [2.05, 4.69) is 0 Å². The van der Waals surface area contributed by atoms with Crippen LogP contribution >= 0.6 is 0 Å². The monoisotopic (exact) mass is 441 g/mol. The molecular weight excluding hydrogens is 414 g/mol. The first kappa shape index (κ1) is 22.3. The number of nitrogens with zero attached hydrogens (tertiary/aromatic N) is 1. The highest BCUT2D eigenvalue weighted by molar-refractivity contribution is 6.16. The third kappa shape index (κ3) is 4.27. The number of carbonyl (C=O) groups excluding carboxylic acids is 2. The van der Waals surface area contributed by atoms with Crippen LogP contribution in [0.2, 0.25) is 0 Å². The fourth-order valence-electron chi connectivity index (χ4n) is 4.27. The fraction of sp³-hybridized carbons (Fsp3) is 0.214. The van der Waals surface area contributed by atoms with Crippen molar-refractivity contribution in [2.75, 3.05) is 12.0 Å². The quantitative estimate of drug-likeness (QED) is 0.532. The number of rotatable bonds is 7. The molecule has 168 valence electrons. The summed E-state index contributed by atoms with van der Waals surface area (Å²) in [5.41, 5.74) is 4.53. The molecule has 0 aliphatic carbocycles. The number of aliphatic hydroxyl groups excluding tert-OH is 1. The predicted molar refractivity (Wildman–Crippen MR) is 129 cm³/mol. The molecule has 1 N–H and O–H groups in total. The Kier molecular flexibility index (Phi) is 6.31. The maximum atomic E-state index is 13.4. The third-order valence-corrected chi connectivity index (χ3v) is 6.26. The Labute approximate surface area is 193 Å². The average Bonchev–Trinajstić information content (AvgIpc) is 3.10. The van der Waals surface area contributed by atoms with Crippen LogP contribution in [0.15, 0.2) is 84.1 Å². The van der Waals surface area contributed by atoms with Gasteiger partial charge in [-0.1, -0.05) is 54.6 Å². The first-order chi connectivity index (χ1) is 15.9. The minimum Gasteiger partial charge on any atom is -0.503 e. The Morgan fingerprint density at radius 1 is 0.970 bits per heavy atom. The van der Waals surface area contributed by atoms with Gasteiger partial charge in [-0.15, -0.1) is 0 Å². The molecule has 0 aromatic heterocycles. The van der Waals surface area contributed by atoms with E-state index in [9.17, 15) is 14.7 Å². The summed E-state index contributed by atoms with van der Waals surface area (Å²) < 4.78 is 5.27. The average molecular weight is 442 g/mol. The Hall–Kier alpha value is -3.86. The van der Waals surface area contributed by atoms with Crippen molar-refractivity contribution in [3.05, 3.63) is 106 Å². The van der Waals surface area contributed by atoms with Crippen molar-refractivity contribution >= 4 is 17.4 Å². The van der Waals surface area contributed by atoms with E-state index in [0.717, 1.165) is 22.3 Å². The highest BCUT2D eigenvalue weighted by atomic mass is 16.5. The molecule has 1 aliphatic rings. The molecular formula is C28H27NO4. The zero-order chi connectivity index (χ0) is 23.5. The normalized spacial score (nSPS) is 15.8. The molecule has 3 aromatic rings. The van der Waals surface area contributed by atoms with Crippen LogP contribution in [-0.2, 0) is 16.0 Å². The van der Waals surface area contributed by atoms with Crippen molar-refractivity contribution in [2.24, 2.45) is 0 Å². The highest BCUT2D eigenvalue weighted by Gasteiger charge is 2.44. The number of aliphatic hydroxyl groups is 1. The third-order valence-electron chi connectivity index (χ3n) is 6.26. The van der Waals surface area contributed by atoms with Crippen molar-refractivity contribution in [3.8, 4) is 5.75 Å². The van der Waals surface area contributed by atoms with Gasteiger partial charge in [0.05, 0.1) is 18.7 Å². The van der Waals surface area contributed by atoms with Gasteiger partial charge in [-0.3, -0.25) is 14.5 Å². The number of amides is 1. The molecule has 1 atom stereocenters. The molecule has 0 bridgehead atoms. The lowest BCUT2D eigenvalue weighted by Crippen LogP contribution is -2.31. The zero-order valence-electron chi connectivity index (χ0n) is 19.0. The maximum absolute atomic E-state index is 13.4. The number of anilines is 1. The van der Waals surface area contributed by atoms with Crippen LogP contribution in [-0.4, -0.2) is 23.9 Å². The number of hydrogen-bond acceptors (Lipinski definition) is 4. The number of methoxy groups -OCH3 is 1. The number of aryl methyl sites for hydroxylation is 2. The van der Waals surface area contributed by atoms with Crippen molar-refractivity contribution in [1.82, 2.24) is 0 Å². The van der Waals surface area contributed by atoms with Crippen molar-refractivity contribution in [1.29, 1.82) is 0 Å². The van der Waals surface area contributed by atoms with Gasteiger partial charge in [-0.05, 0) is 60.7 Å². The zero-order valence-corrected chi connectivity index (χ0v) is 19.0. The largest absolute Gasteiger partial charge is 0.503 e. The molecule has 5 heteroatoms. The molecule has 33 heavy (non-hydrogen) atoms. The van der Waals surface area contributed by atoms with Crippen LogP contribution < -0.4 is 9.64 Å². The summed E-state index contributed by atoms with van der Waals surface area (Å²) in [5, 5.41) is 10.9. The van der Waals surface area contributed by atoms with Crippen LogP contribution in [0, 0.1) is 13.8 Å². The molecule has 0 spiro atoms. The molecule has 0 fully saturated rings. The number of Topliss-reactive ketones (excluding diaryl/α,β-unsaturated/α-hetero) is 1. The van der Waals surface area contributed by atoms with Crippen LogP contribution in [0.5, 0.6) is 5.75 Å². The molecule has 1 aliphatic heterocycles. The summed E-state index contributed by atoms with van der Waals surface area (Å²) >= 11 is 0. The summed E-state index contributed by atoms with van der Waals surface area (Å²) in [6.07, 6.45) is 0.730. The van der Waals surface area contributed by atoms with E-state index in [1.165, 1.54) is 4.90 Å². The summed E-state index contributed by atoms with van der Waals surface area (Å²) in [4.78, 5) is 28.2. The summed E-state index contributed by atoms with van der Waals surface area (Å²) in [7, 11) is 1.58. The minimum absolute atomic E-state index is 0.141. The lowest BCUT2D eigenvalue weighted by molar-refractivity contribution is -0.118. The standard InChI is InChI=1S/C28H27NO4/c1-18-8-7-11-23(19(18)2)29-26(21-13-15-22(33-3)16-14-21)25(27(31)28(29)32)24(30)17-12-20-9-5-4-6-10-20/h4-11,13-16,26,31H,12,17H2,1-3H3. The van der Waals surface area contributed by atoms with E-state index in [1.807, 2.05) is 74.5 Å². The molecule has 4 rings (SSSR count). The van der Waals surface area contributed by atoms with E-state index in [1.54, 1.807) is 19.2 Å². The summed E-state index contributed by atoms with van der Waals surface area (Å²) in [6.45, 7) is 3.91. The molecule has 0 saturated heterocycles. The number of hydrogen-bond donors (Lipinski definition) is 1. The van der Waals surface area contributed by atoms with Gasteiger partial charge in [0.15, 0.2) is 11.5 Å². The van der Waals surface area contributed by atoms with Gasteiger partial charge in [0, 0.05) is 12.1 Å². The van der Waals surface area contributed by atoms with Gasteiger partial charge < -0.3 is 9.84 Å². The van der Waals surface area contributed by atoms with Crippen molar-refractivity contribution in [2.45, 2.75) is 32.7 Å². The van der Waals surface area contributed by atoms with Crippen LogP contribution in [0.25, 0.3) is 0 Å². The fourth-order valence-corrected chi connectivity index (χ4v) is 4.27. The SMILES string of the molecule is COc1ccc(C2C(C(=O)CCc3ccccc3)=C(O)C(=O)N2c2cccc(C)c2C)cc1. The lowest BCUT2D eigenvalue weighted by atomic mass is 9.92.